The van der Waals surface area contributed by atoms with Crippen molar-refractivity contribution < 1.29 is 19.6 Å². The normalized spacial score (nSPS) is 18.8. The number of carbonyl (C=O) groups is 2. The summed E-state index contributed by atoms with van der Waals surface area (Å²) in [5.74, 6) is -1.42. The molecule has 0 saturated carbocycles. The molecule has 0 bridgehead atoms. The maximum atomic E-state index is 12.5. The van der Waals surface area contributed by atoms with Gasteiger partial charge < -0.3 is 10.4 Å². The number of nitro benzene ring substituents is 1. The second kappa shape index (κ2) is 5.81. The lowest BCUT2D eigenvalue weighted by Crippen LogP contribution is -2.36. The zero-order chi connectivity index (χ0) is 17.5. The first-order valence-corrected chi connectivity index (χ1v) is 7.73. The van der Waals surface area contributed by atoms with Gasteiger partial charge in [0.2, 0.25) is 0 Å². The van der Waals surface area contributed by atoms with Gasteiger partial charge in [0.25, 0.3) is 11.6 Å². The summed E-state index contributed by atoms with van der Waals surface area (Å²) in [6, 6.07) is 10.3. The second-order valence-corrected chi connectivity index (χ2v) is 6.29. The number of benzene rings is 2. The van der Waals surface area contributed by atoms with E-state index in [1.807, 2.05) is 0 Å². The molecule has 0 unspecified atom stereocenters. The summed E-state index contributed by atoms with van der Waals surface area (Å²) in [4.78, 5) is 35.1. The molecule has 0 aromatic heterocycles. The molecule has 0 aliphatic carbocycles. The predicted molar refractivity (Wildman–Crippen MR) is 88.7 cm³/mol. The van der Waals surface area contributed by atoms with Gasteiger partial charge in [0.15, 0.2) is 11.4 Å². The Morgan fingerprint density at radius 3 is 2.71 bits per heavy atom. The summed E-state index contributed by atoms with van der Waals surface area (Å²) in [5, 5.41) is 24.3. The van der Waals surface area contributed by atoms with Gasteiger partial charge >= 0.3 is 0 Å². The van der Waals surface area contributed by atoms with Gasteiger partial charge in [0.05, 0.1) is 16.9 Å². The van der Waals surface area contributed by atoms with E-state index >= 15 is 0 Å². The van der Waals surface area contributed by atoms with Crippen molar-refractivity contribution in [1.82, 2.24) is 0 Å². The molecule has 2 aromatic carbocycles. The number of nitro groups is 1. The molecule has 1 atom stereocenters. The van der Waals surface area contributed by atoms with Crippen LogP contribution in [0.5, 0.6) is 0 Å². The Hall–Kier alpha value is -2.58. The molecule has 2 aromatic rings. The molecule has 0 radical (unpaired) electrons. The molecule has 1 heterocycles. The maximum Gasteiger partial charge on any atom is 0.280 e. The van der Waals surface area contributed by atoms with E-state index in [4.69, 9.17) is 0 Å². The minimum absolute atomic E-state index is 0.146. The van der Waals surface area contributed by atoms with Crippen LogP contribution in [0.3, 0.4) is 0 Å². The number of carbonyl (C=O) groups excluding carboxylic acids is 2. The summed E-state index contributed by atoms with van der Waals surface area (Å²) in [5.41, 5.74) is -1.92. The number of anilines is 1. The number of nitrogens with one attached hydrogen (secondary N) is 1. The number of hydrogen-bond acceptors (Lipinski definition) is 5. The van der Waals surface area contributed by atoms with Crippen molar-refractivity contribution >= 4 is 39.0 Å². The number of Topliss-reactive ketones (excluding diaryl/α,β-unsaturated/α-hetero) is 1. The summed E-state index contributed by atoms with van der Waals surface area (Å²) in [6.45, 7) is 0. The quantitative estimate of drug-likeness (QED) is 0.473. The average Bonchev–Trinajstić information content (AvgIpc) is 2.78. The third-order valence-electron chi connectivity index (χ3n) is 3.87. The fourth-order valence-electron chi connectivity index (χ4n) is 2.69. The van der Waals surface area contributed by atoms with Crippen LogP contribution >= 0.6 is 15.9 Å². The summed E-state index contributed by atoms with van der Waals surface area (Å²) in [6.07, 6.45) is -0.590. The molecule has 3 rings (SSSR count). The third-order valence-corrected chi connectivity index (χ3v) is 4.36. The van der Waals surface area contributed by atoms with Gasteiger partial charge in [0.1, 0.15) is 0 Å². The van der Waals surface area contributed by atoms with E-state index in [-0.39, 0.29) is 16.8 Å². The highest BCUT2D eigenvalue weighted by Gasteiger charge is 2.47. The molecule has 24 heavy (non-hydrogen) atoms. The van der Waals surface area contributed by atoms with Crippen LogP contribution in [0.1, 0.15) is 22.3 Å². The number of rotatable bonds is 4. The van der Waals surface area contributed by atoms with Crippen LogP contribution in [-0.4, -0.2) is 21.7 Å². The van der Waals surface area contributed by atoms with Crippen LogP contribution in [0.25, 0.3) is 0 Å². The number of aliphatic hydroxyl groups is 1. The number of amides is 1. The molecule has 7 nitrogen and oxygen atoms in total. The van der Waals surface area contributed by atoms with Crippen molar-refractivity contribution in [2.75, 3.05) is 5.32 Å². The largest absolute Gasteiger partial charge is 0.375 e. The standard InChI is InChI=1S/C16H11BrN2O5/c17-9-5-6-12-11(7-9)16(22,15(21)18-12)8-14(20)10-3-1-2-4-13(10)19(23)24/h1-7,22H,8H2,(H,18,21)/t16-/m1/s1. The Bertz CT molecular complexity index is 883. The number of nitrogens with zero attached hydrogens (tertiary/aromatic N) is 1. The van der Waals surface area contributed by atoms with Gasteiger partial charge in [-0.15, -0.1) is 0 Å². The first kappa shape index (κ1) is 16.3. The SMILES string of the molecule is O=C(C[C@]1(O)C(=O)Nc2ccc(Br)cc21)c1ccccc1[N+](=O)[O-]. The number of hydrogen-bond donors (Lipinski definition) is 2. The smallest absolute Gasteiger partial charge is 0.280 e. The number of ketones is 1. The summed E-state index contributed by atoms with van der Waals surface area (Å²) < 4.78 is 0.634. The minimum atomic E-state index is -2.07. The topological polar surface area (TPSA) is 110 Å². The molecule has 1 aliphatic rings. The van der Waals surface area contributed by atoms with E-state index in [9.17, 15) is 24.8 Å². The molecule has 0 saturated heterocycles. The molecular weight excluding hydrogens is 380 g/mol. The van der Waals surface area contributed by atoms with Gasteiger partial charge in [0, 0.05) is 21.8 Å². The summed E-state index contributed by atoms with van der Waals surface area (Å²) in [7, 11) is 0. The van der Waals surface area contributed by atoms with Crippen molar-refractivity contribution in [2.45, 2.75) is 12.0 Å². The predicted octanol–water partition coefficient (Wildman–Crippen LogP) is 2.77. The Balaban J connectivity index is 2.00. The zero-order valence-corrected chi connectivity index (χ0v) is 13.7. The molecule has 2 N–H and O–H groups in total. The van der Waals surface area contributed by atoms with Crippen LogP contribution in [0.2, 0.25) is 0 Å². The third kappa shape index (κ3) is 2.59. The molecule has 8 heteroatoms. The number of para-hydroxylation sites is 1. The van der Waals surface area contributed by atoms with Crippen molar-refractivity contribution in [3.8, 4) is 0 Å². The van der Waals surface area contributed by atoms with E-state index in [0.29, 0.717) is 10.2 Å². The molecular formula is C16H11BrN2O5. The lowest BCUT2D eigenvalue weighted by molar-refractivity contribution is -0.385. The van der Waals surface area contributed by atoms with Gasteiger partial charge in [-0.3, -0.25) is 19.7 Å². The molecule has 1 aliphatic heterocycles. The Morgan fingerprint density at radius 2 is 2.00 bits per heavy atom. The molecule has 122 valence electrons. The first-order chi connectivity index (χ1) is 11.3. The fourth-order valence-corrected chi connectivity index (χ4v) is 3.05. The van der Waals surface area contributed by atoms with Crippen LogP contribution in [-0.2, 0) is 10.4 Å². The fraction of sp³-hybridized carbons (Fsp3) is 0.125. The minimum Gasteiger partial charge on any atom is -0.375 e. The molecule has 1 amide bonds. The van der Waals surface area contributed by atoms with Crippen molar-refractivity contribution in [3.05, 3.63) is 68.2 Å². The lowest BCUT2D eigenvalue weighted by atomic mass is 9.88. The van der Waals surface area contributed by atoms with Gasteiger partial charge in [-0.1, -0.05) is 28.1 Å². The number of fused-ring (bicyclic) bond motifs is 1. The lowest BCUT2D eigenvalue weighted by Gasteiger charge is -2.20. The van der Waals surface area contributed by atoms with Gasteiger partial charge in [-0.2, -0.15) is 0 Å². The Kier molecular flexibility index (Phi) is 3.94. The van der Waals surface area contributed by atoms with E-state index in [0.717, 1.165) is 0 Å². The van der Waals surface area contributed by atoms with Gasteiger partial charge in [-0.25, -0.2) is 0 Å². The van der Waals surface area contributed by atoms with Crippen molar-refractivity contribution in [1.29, 1.82) is 0 Å². The highest BCUT2D eigenvalue weighted by atomic mass is 79.9. The highest BCUT2D eigenvalue weighted by molar-refractivity contribution is 9.10. The Labute approximate surface area is 144 Å². The molecule has 0 spiro atoms. The van der Waals surface area contributed by atoms with E-state index in [1.165, 1.54) is 24.3 Å². The van der Waals surface area contributed by atoms with Crippen LogP contribution < -0.4 is 5.32 Å². The van der Waals surface area contributed by atoms with Crippen LogP contribution in [0.15, 0.2) is 46.9 Å². The maximum absolute atomic E-state index is 12.5. The molecule has 0 fully saturated rings. The van der Waals surface area contributed by atoms with Crippen LogP contribution in [0, 0.1) is 10.1 Å². The average molecular weight is 391 g/mol. The first-order valence-electron chi connectivity index (χ1n) is 6.93. The van der Waals surface area contributed by atoms with E-state index in [1.54, 1.807) is 18.2 Å². The zero-order valence-electron chi connectivity index (χ0n) is 12.2. The Morgan fingerprint density at radius 1 is 1.29 bits per heavy atom. The van der Waals surface area contributed by atoms with Crippen LogP contribution in [0.4, 0.5) is 11.4 Å². The van der Waals surface area contributed by atoms with Crippen molar-refractivity contribution in [2.24, 2.45) is 0 Å². The van der Waals surface area contributed by atoms with E-state index in [2.05, 4.69) is 21.2 Å². The van der Waals surface area contributed by atoms with Crippen molar-refractivity contribution in [3.63, 3.8) is 0 Å². The summed E-state index contributed by atoms with van der Waals surface area (Å²) >= 11 is 3.25. The second-order valence-electron chi connectivity index (χ2n) is 5.38. The van der Waals surface area contributed by atoms with Gasteiger partial charge in [-0.05, 0) is 24.3 Å². The van der Waals surface area contributed by atoms with E-state index < -0.39 is 28.6 Å². The highest BCUT2D eigenvalue weighted by Crippen LogP contribution is 2.40. The monoisotopic (exact) mass is 390 g/mol. The number of halogens is 1.